The van der Waals surface area contributed by atoms with E-state index in [0.717, 1.165) is 24.2 Å². The lowest BCUT2D eigenvalue weighted by atomic mass is 9.79. The lowest BCUT2D eigenvalue weighted by Gasteiger charge is -2.49. The zero-order valence-corrected chi connectivity index (χ0v) is 15.7. The maximum atomic E-state index is 12.5. The average Bonchev–Trinajstić information content (AvgIpc) is 3.08. The second kappa shape index (κ2) is 9.33. The van der Waals surface area contributed by atoms with Crippen molar-refractivity contribution in [1.29, 1.82) is 0 Å². The molecular formula is C16H21F4N3O4S. The monoisotopic (exact) mass is 427 g/mol. The number of carboxylic acid groups (broad SMARTS) is 1. The van der Waals surface area contributed by atoms with E-state index in [9.17, 15) is 22.4 Å². The molecule has 2 aliphatic rings. The average molecular weight is 427 g/mol. The molecule has 0 aromatic carbocycles. The molecule has 1 aliphatic carbocycles. The van der Waals surface area contributed by atoms with E-state index in [1.165, 1.54) is 6.20 Å². The van der Waals surface area contributed by atoms with Gasteiger partial charge in [0.05, 0.1) is 25.5 Å². The van der Waals surface area contributed by atoms with Crippen LogP contribution in [-0.2, 0) is 9.47 Å². The van der Waals surface area contributed by atoms with Gasteiger partial charge in [0.15, 0.2) is 5.13 Å². The molecule has 1 aromatic heterocycles. The molecule has 2 fully saturated rings. The van der Waals surface area contributed by atoms with Crippen molar-refractivity contribution in [2.75, 3.05) is 37.7 Å². The lowest BCUT2D eigenvalue weighted by Crippen LogP contribution is -2.60. The maximum Gasteiger partial charge on any atom is 0.347 e. The number of carboxylic acids is 1. The molecule has 3 rings (SSSR count). The van der Waals surface area contributed by atoms with E-state index in [-0.39, 0.29) is 30.1 Å². The molecule has 28 heavy (non-hydrogen) atoms. The van der Waals surface area contributed by atoms with Crippen molar-refractivity contribution in [3.63, 3.8) is 0 Å². The Balaban J connectivity index is 1.59. The fraction of sp³-hybridized carbons (Fsp3) is 0.750. The van der Waals surface area contributed by atoms with Crippen LogP contribution >= 0.6 is 11.3 Å². The van der Waals surface area contributed by atoms with E-state index in [4.69, 9.17) is 5.11 Å². The van der Waals surface area contributed by atoms with Crippen molar-refractivity contribution >= 4 is 22.4 Å². The zero-order valence-electron chi connectivity index (χ0n) is 14.8. The lowest BCUT2D eigenvalue weighted by molar-refractivity contribution is -0.150. The van der Waals surface area contributed by atoms with Gasteiger partial charge in [0.1, 0.15) is 4.88 Å². The second-order valence-corrected chi connectivity index (χ2v) is 7.84. The van der Waals surface area contributed by atoms with Gasteiger partial charge in [-0.3, -0.25) is 4.90 Å². The van der Waals surface area contributed by atoms with E-state index >= 15 is 0 Å². The molecular weight excluding hydrogens is 406 g/mol. The standard InChI is InChI=1S/C16H21F4N3O4S/c17-14(18)26-7-9-3-10(4-9)22-1-2-23(11(6-22)8-27-15(19)20)16-21-5-12(28-16)13(24)25/h5,9-11,14-15H,1-4,6-8H2,(H,24,25). The highest BCUT2D eigenvalue weighted by molar-refractivity contribution is 7.17. The molecule has 0 amide bonds. The van der Waals surface area contributed by atoms with Crippen molar-refractivity contribution in [1.82, 2.24) is 9.88 Å². The number of aromatic carboxylic acids is 1. The Labute approximate surface area is 162 Å². The number of halogens is 4. The number of anilines is 1. The van der Waals surface area contributed by atoms with Gasteiger partial charge in [0.2, 0.25) is 0 Å². The summed E-state index contributed by atoms with van der Waals surface area (Å²) in [6, 6.07) is -0.222. The van der Waals surface area contributed by atoms with Gasteiger partial charge in [-0.1, -0.05) is 11.3 Å². The molecule has 0 bridgehead atoms. The van der Waals surface area contributed by atoms with Crippen LogP contribution in [0.1, 0.15) is 22.5 Å². The van der Waals surface area contributed by atoms with Gasteiger partial charge >= 0.3 is 19.2 Å². The highest BCUT2D eigenvalue weighted by Gasteiger charge is 2.39. The van der Waals surface area contributed by atoms with E-state index in [2.05, 4.69) is 19.4 Å². The van der Waals surface area contributed by atoms with Crippen LogP contribution in [-0.4, -0.2) is 79.1 Å². The Hall–Kier alpha value is -1.50. The summed E-state index contributed by atoms with van der Waals surface area (Å²) in [5.74, 6) is -1.01. The zero-order chi connectivity index (χ0) is 20.3. The Kier molecular flexibility index (Phi) is 7.07. The van der Waals surface area contributed by atoms with Gasteiger partial charge < -0.3 is 19.5 Å². The molecule has 158 valence electrons. The van der Waals surface area contributed by atoms with Crippen molar-refractivity contribution < 1.29 is 36.9 Å². The molecule has 1 aliphatic heterocycles. The molecule has 12 heteroatoms. The molecule has 1 atom stereocenters. The summed E-state index contributed by atoms with van der Waals surface area (Å²) in [6.45, 7) is -4.31. The summed E-state index contributed by atoms with van der Waals surface area (Å²) >= 11 is 0.991. The number of rotatable bonds is 9. The first kappa shape index (κ1) is 21.2. The Morgan fingerprint density at radius 3 is 2.50 bits per heavy atom. The minimum atomic E-state index is -2.90. The number of carbonyl (C=O) groups is 1. The predicted molar refractivity (Wildman–Crippen MR) is 92.2 cm³/mol. The van der Waals surface area contributed by atoms with E-state index in [0.29, 0.717) is 24.8 Å². The van der Waals surface area contributed by atoms with Crippen LogP contribution in [0.15, 0.2) is 6.20 Å². The molecule has 1 saturated carbocycles. The highest BCUT2D eigenvalue weighted by Crippen LogP contribution is 2.35. The third-order valence-electron chi connectivity index (χ3n) is 5.06. The normalized spacial score (nSPS) is 26.1. The minimum Gasteiger partial charge on any atom is -0.477 e. The Bertz CT molecular complexity index is 660. The minimum absolute atomic E-state index is 0.0170. The van der Waals surface area contributed by atoms with Gasteiger partial charge in [-0.25, -0.2) is 9.78 Å². The first-order chi connectivity index (χ1) is 13.3. The van der Waals surface area contributed by atoms with Crippen molar-refractivity contribution in [2.45, 2.75) is 38.1 Å². The largest absolute Gasteiger partial charge is 0.477 e. The molecule has 2 heterocycles. The quantitative estimate of drug-likeness (QED) is 0.607. The Morgan fingerprint density at radius 1 is 1.21 bits per heavy atom. The summed E-state index contributed by atoms with van der Waals surface area (Å²) < 4.78 is 58.2. The van der Waals surface area contributed by atoms with Gasteiger partial charge in [-0.05, 0) is 18.8 Å². The first-order valence-corrected chi connectivity index (χ1v) is 9.64. The molecule has 0 radical (unpaired) electrons. The topological polar surface area (TPSA) is 75.1 Å². The van der Waals surface area contributed by atoms with Crippen LogP contribution in [0, 0.1) is 5.92 Å². The number of aromatic nitrogens is 1. The second-order valence-electron chi connectivity index (χ2n) is 6.83. The fourth-order valence-electron chi connectivity index (χ4n) is 3.63. The van der Waals surface area contributed by atoms with Crippen molar-refractivity contribution in [3.05, 3.63) is 11.1 Å². The first-order valence-electron chi connectivity index (χ1n) is 8.82. The summed E-state index contributed by atoms with van der Waals surface area (Å²) in [5.41, 5.74) is 0. The third-order valence-corrected chi connectivity index (χ3v) is 6.09. The number of alkyl halides is 4. The fourth-order valence-corrected chi connectivity index (χ4v) is 4.48. The molecule has 1 aromatic rings. The van der Waals surface area contributed by atoms with Crippen LogP contribution in [0.25, 0.3) is 0 Å². The van der Waals surface area contributed by atoms with Crippen LogP contribution in [0.5, 0.6) is 0 Å². The van der Waals surface area contributed by atoms with E-state index in [1.807, 2.05) is 0 Å². The van der Waals surface area contributed by atoms with Crippen LogP contribution in [0.3, 0.4) is 0 Å². The van der Waals surface area contributed by atoms with Crippen LogP contribution in [0.4, 0.5) is 22.7 Å². The van der Waals surface area contributed by atoms with Crippen molar-refractivity contribution in [3.8, 4) is 0 Å². The number of nitrogens with zero attached hydrogens (tertiary/aromatic N) is 3. The molecule has 0 spiro atoms. The summed E-state index contributed by atoms with van der Waals surface area (Å²) in [4.78, 5) is 19.2. The summed E-state index contributed by atoms with van der Waals surface area (Å²) in [7, 11) is 0. The van der Waals surface area contributed by atoms with E-state index in [1.54, 1.807) is 4.90 Å². The van der Waals surface area contributed by atoms with Crippen LogP contribution in [0.2, 0.25) is 0 Å². The van der Waals surface area contributed by atoms with Crippen LogP contribution < -0.4 is 4.90 Å². The van der Waals surface area contributed by atoms with Gasteiger partial charge in [0.25, 0.3) is 0 Å². The SMILES string of the molecule is O=C(O)c1cnc(N2CCN(C3CC(COC(F)F)C3)CC2COC(F)F)s1. The number of ether oxygens (including phenoxy) is 2. The maximum absolute atomic E-state index is 12.5. The predicted octanol–water partition coefficient (Wildman–Crippen LogP) is 2.59. The molecule has 1 unspecified atom stereocenters. The highest BCUT2D eigenvalue weighted by atomic mass is 32.1. The number of hydrogen-bond donors (Lipinski definition) is 1. The summed E-state index contributed by atoms with van der Waals surface area (Å²) in [5, 5.41) is 9.51. The van der Waals surface area contributed by atoms with E-state index < -0.39 is 25.2 Å². The number of piperazine rings is 1. The van der Waals surface area contributed by atoms with Gasteiger partial charge in [-0.2, -0.15) is 17.6 Å². The smallest absolute Gasteiger partial charge is 0.347 e. The van der Waals surface area contributed by atoms with Crippen molar-refractivity contribution in [2.24, 2.45) is 5.92 Å². The Morgan fingerprint density at radius 2 is 1.89 bits per heavy atom. The molecule has 7 nitrogen and oxygen atoms in total. The number of thiazole rings is 1. The molecule has 1 saturated heterocycles. The van der Waals surface area contributed by atoms with Gasteiger partial charge in [-0.15, -0.1) is 0 Å². The third kappa shape index (κ3) is 5.31. The summed E-state index contributed by atoms with van der Waals surface area (Å²) in [6.07, 6.45) is 2.68. The molecule has 1 N–H and O–H groups in total. The van der Waals surface area contributed by atoms with Gasteiger partial charge in [0, 0.05) is 25.7 Å². The number of hydrogen-bond acceptors (Lipinski definition) is 7.